The summed E-state index contributed by atoms with van der Waals surface area (Å²) in [5, 5.41) is 13.4. The first kappa shape index (κ1) is 20.9. The van der Waals surface area contributed by atoms with E-state index in [1.807, 2.05) is 0 Å². The lowest BCUT2D eigenvalue weighted by atomic mass is 10.1. The Bertz CT molecular complexity index is 1010. The van der Waals surface area contributed by atoms with E-state index in [1.165, 1.54) is 0 Å². The number of alkyl halides is 2. The van der Waals surface area contributed by atoms with Gasteiger partial charge in [-0.2, -0.15) is 13.9 Å². The molecule has 1 saturated heterocycles. The van der Waals surface area contributed by atoms with Gasteiger partial charge in [0, 0.05) is 25.4 Å². The SMILES string of the molecule is O=C(Nc1cc2[nH]nc(N3CCOCC3)c2cn1)NC(COC(F)F)c1ccccc1. The molecule has 0 spiro atoms. The number of aromatic nitrogens is 3. The van der Waals surface area contributed by atoms with E-state index in [1.54, 1.807) is 42.6 Å². The van der Waals surface area contributed by atoms with Crippen LogP contribution in [0, 0.1) is 0 Å². The monoisotopic (exact) mass is 432 g/mol. The number of nitrogens with zero attached hydrogens (tertiary/aromatic N) is 3. The molecule has 11 heteroatoms. The summed E-state index contributed by atoms with van der Waals surface area (Å²) < 4.78 is 34.8. The number of hydrogen-bond donors (Lipinski definition) is 3. The molecule has 31 heavy (non-hydrogen) atoms. The van der Waals surface area contributed by atoms with Crippen molar-refractivity contribution in [2.75, 3.05) is 43.1 Å². The second-order valence-corrected chi connectivity index (χ2v) is 6.92. The van der Waals surface area contributed by atoms with E-state index >= 15 is 0 Å². The number of nitrogens with one attached hydrogen (secondary N) is 3. The maximum absolute atomic E-state index is 12.5. The summed E-state index contributed by atoms with van der Waals surface area (Å²) in [6.45, 7) is -0.543. The molecule has 0 saturated carbocycles. The molecule has 2 amide bonds. The zero-order valence-electron chi connectivity index (χ0n) is 16.6. The molecule has 0 bridgehead atoms. The van der Waals surface area contributed by atoms with Crippen LogP contribution < -0.4 is 15.5 Å². The van der Waals surface area contributed by atoms with E-state index in [9.17, 15) is 13.6 Å². The first-order chi connectivity index (χ1) is 15.1. The molecule has 1 aromatic carbocycles. The maximum Gasteiger partial charge on any atom is 0.345 e. The van der Waals surface area contributed by atoms with Gasteiger partial charge in [-0.3, -0.25) is 10.4 Å². The van der Waals surface area contributed by atoms with Gasteiger partial charge in [-0.25, -0.2) is 9.78 Å². The number of ether oxygens (including phenoxy) is 2. The van der Waals surface area contributed by atoms with E-state index < -0.39 is 18.7 Å². The Morgan fingerprint density at radius 3 is 2.77 bits per heavy atom. The van der Waals surface area contributed by atoms with Crippen LogP contribution >= 0.6 is 0 Å². The highest BCUT2D eigenvalue weighted by molar-refractivity contribution is 5.94. The van der Waals surface area contributed by atoms with Crippen LogP contribution in [0.3, 0.4) is 0 Å². The highest BCUT2D eigenvalue weighted by atomic mass is 19.3. The fraction of sp³-hybridized carbons (Fsp3) is 0.350. The summed E-state index contributed by atoms with van der Waals surface area (Å²) in [6, 6.07) is 9.07. The van der Waals surface area contributed by atoms with Crippen molar-refractivity contribution in [2.24, 2.45) is 0 Å². The second-order valence-electron chi connectivity index (χ2n) is 6.92. The lowest BCUT2D eigenvalue weighted by molar-refractivity contribution is -0.133. The largest absolute Gasteiger partial charge is 0.378 e. The third kappa shape index (κ3) is 5.25. The fourth-order valence-electron chi connectivity index (χ4n) is 3.37. The minimum atomic E-state index is -2.93. The van der Waals surface area contributed by atoms with Gasteiger partial charge in [0.15, 0.2) is 5.82 Å². The number of H-pyrrole nitrogens is 1. The van der Waals surface area contributed by atoms with Crippen LogP contribution in [0.25, 0.3) is 10.9 Å². The minimum absolute atomic E-state index is 0.295. The van der Waals surface area contributed by atoms with E-state index in [0.717, 1.165) is 24.3 Å². The number of aromatic amines is 1. The number of rotatable bonds is 7. The number of carbonyl (C=O) groups is 1. The van der Waals surface area contributed by atoms with Gasteiger partial charge in [-0.1, -0.05) is 30.3 Å². The van der Waals surface area contributed by atoms with Crippen LogP contribution in [-0.4, -0.2) is 60.7 Å². The van der Waals surface area contributed by atoms with E-state index in [0.29, 0.717) is 30.1 Å². The van der Waals surface area contributed by atoms with Crippen LogP contribution in [0.2, 0.25) is 0 Å². The van der Waals surface area contributed by atoms with Gasteiger partial charge in [0.25, 0.3) is 0 Å². The molecule has 1 unspecified atom stereocenters. The molecule has 164 valence electrons. The molecular weight excluding hydrogens is 410 g/mol. The molecular formula is C20H22F2N6O3. The van der Waals surface area contributed by atoms with E-state index in [2.05, 4.69) is 35.5 Å². The Morgan fingerprint density at radius 2 is 2.03 bits per heavy atom. The highest BCUT2D eigenvalue weighted by Crippen LogP contribution is 2.25. The number of benzene rings is 1. The fourth-order valence-corrected chi connectivity index (χ4v) is 3.37. The topological polar surface area (TPSA) is 104 Å². The zero-order valence-corrected chi connectivity index (χ0v) is 16.6. The van der Waals surface area contributed by atoms with Gasteiger partial charge in [0.2, 0.25) is 0 Å². The Hall–Kier alpha value is -3.31. The van der Waals surface area contributed by atoms with Crippen molar-refractivity contribution in [3.8, 4) is 0 Å². The summed E-state index contributed by atoms with van der Waals surface area (Å²) >= 11 is 0. The van der Waals surface area contributed by atoms with Crippen molar-refractivity contribution in [3.63, 3.8) is 0 Å². The van der Waals surface area contributed by atoms with Crippen molar-refractivity contribution in [1.82, 2.24) is 20.5 Å². The molecule has 0 aliphatic carbocycles. The van der Waals surface area contributed by atoms with Crippen molar-refractivity contribution in [3.05, 3.63) is 48.2 Å². The van der Waals surface area contributed by atoms with Crippen LogP contribution in [-0.2, 0) is 9.47 Å². The van der Waals surface area contributed by atoms with Crippen molar-refractivity contribution >= 4 is 28.6 Å². The van der Waals surface area contributed by atoms with Gasteiger partial charge < -0.3 is 19.7 Å². The number of urea groups is 1. The van der Waals surface area contributed by atoms with Gasteiger partial charge in [-0.15, -0.1) is 0 Å². The lowest BCUT2D eigenvalue weighted by Crippen LogP contribution is -2.36. The molecule has 2 aromatic heterocycles. The van der Waals surface area contributed by atoms with Crippen molar-refractivity contribution in [2.45, 2.75) is 12.7 Å². The normalized spacial score (nSPS) is 15.3. The van der Waals surface area contributed by atoms with Crippen LogP contribution in [0.4, 0.5) is 25.2 Å². The molecule has 3 aromatic rings. The first-order valence-corrected chi connectivity index (χ1v) is 9.79. The van der Waals surface area contributed by atoms with E-state index in [4.69, 9.17) is 4.74 Å². The summed E-state index contributed by atoms with van der Waals surface area (Å²) in [6.07, 6.45) is 1.63. The predicted molar refractivity (Wildman–Crippen MR) is 110 cm³/mol. The van der Waals surface area contributed by atoms with E-state index in [-0.39, 0.29) is 6.61 Å². The smallest absolute Gasteiger partial charge is 0.345 e. The molecule has 3 N–H and O–H groups in total. The van der Waals surface area contributed by atoms with Gasteiger partial charge in [0.1, 0.15) is 5.82 Å². The third-order valence-electron chi connectivity index (χ3n) is 4.88. The summed E-state index contributed by atoms with van der Waals surface area (Å²) in [5.74, 6) is 1.08. The molecule has 1 atom stereocenters. The van der Waals surface area contributed by atoms with Crippen LogP contribution in [0.1, 0.15) is 11.6 Å². The molecule has 1 aliphatic heterocycles. The Kier molecular flexibility index (Phi) is 6.53. The van der Waals surface area contributed by atoms with Gasteiger partial charge in [0.05, 0.1) is 36.8 Å². The quantitative estimate of drug-likeness (QED) is 0.530. The average Bonchev–Trinajstić information content (AvgIpc) is 3.21. The molecule has 1 aliphatic rings. The Morgan fingerprint density at radius 1 is 1.26 bits per heavy atom. The number of halogens is 2. The Balaban J connectivity index is 1.44. The Labute approximate surface area is 176 Å². The maximum atomic E-state index is 12.5. The summed E-state index contributed by atoms with van der Waals surface area (Å²) in [7, 11) is 0. The molecule has 4 rings (SSSR count). The van der Waals surface area contributed by atoms with Crippen LogP contribution in [0.5, 0.6) is 0 Å². The first-order valence-electron chi connectivity index (χ1n) is 9.79. The summed E-state index contributed by atoms with van der Waals surface area (Å²) in [5.41, 5.74) is 1.36. The average molecular weight is 432 g/mol. The number of morpholine rings is 1. The van der Waals surface area contributed by atoms with Gasteiger partial charge in [-0.05, 0) is 5.56 Å². The number of carbonyl (C=O) groups excluding carboxylic acids is 1. The lowest BCUT2D eigenvalue weighted by Gasteiger charge is -2.26. The number of hydrogen-bond acceptors (Lipinski definition) is 6. The molecule has 3 heterocycles. The number of pyridine rings is 1. The predicted octanol–water partition coefficient (Wildman–Crippen LogP) is 2.90. The minimum Gasteiger partial charge on any atom is -0.378 e. The van der Waals surface area contributed by atoms with Crippen molar-refractivity contribution in [1.29, 1.82) is 0 Å². The standard InChI is InChI=1S/C20H22F2N6O3/c21-19(22)31-12-16(13-4-2-1-3-5-13)24-20(29)25-17-10-15-14(11-23-17)18(27-26-15)28-6-8-30-9-7-28/h1-5,10-11,16,19H,6-9,12H2,(H,26,27)(H2,23,24,25,29). The highest BCUT2D eigenvalue weighted by Gasteiger charge is 2.19. The summed E-state index contributed by atoms with van der Waals surface area (Å²) in [4.78, 5) is 18.9. The number of amides is 2. The number of anilines is 2. The van der Waals surface area contributed by atoms with Crippen LogP contribution in [0.15, 0.2) is 42.6 Å². The molecule has 9 nitrogen and oxygen atoms in total. The number of fused-ring (bicyclic) bond motifs is 1. The molecule has 1 fully saturated rings. The molecule has 0 radical (unpaired) electrons. The zero-order chi connectivity index (χ0) is 21.6. The second kappa shape index (κ2) is 9.67. The van der Waals surface area contributed by atoms with Gasteiger partial charge >= 0.3 is 12.6 Å². The van der Waals surface area contributed by atoms with Crippen molar-refractivity contribution < 1.29 is 23.0 Å². The third-order valence-corrected chi connectivity index (χ3v) is 4.88.